The van der Waals surface area contributed by atoms with Crippen LogP contribution in [0.15, 0.2) is 18.7 Å². The number of amides is 1. The van der Waals surface area contributed by atoms with Gasteiger partial charge in [-0.15, -0.1) is 0 Å². The summed E-state index contributed by atoms with van der Waals surface area (Å²) in [6.07, 6.45) is 1.38. The minimum Gasteiger partial charge on any atom is -0.326 e. The van der Waals surface area contributed by atoms with Crippen LogP contribution >= 0.6 is 0 Å². The number of aryl methyl sites for hydroxylation is 1. The van der Waals surface area contributed by atoms with Crippen LogP contribution in [0.3, 0.4) is 0 Å². The maximum absolute atomic E-state index is 11.8. The Bertz CT molecular complexity index is 435. The van der Waals surface area contributed by atoms with E-state index in [1.54, 1.807) is 0 Å². The van der Waals surface area contributed by atoms with Crippen molar-refractivity contribution < 1.29 is 4.79 Å². The number of nitrogens with zero attached hydrogens (tertiary/aromatic N) is 3. The van der Waals surface area contributed by atoms with Crippen molar-refractivity contribution in [3.8, 4) is 0 Å². The van der Waals surface area contributed by atoms with Crippen molar-refractivity contribution in [2.45, 2.75) is 39.4 Å². The Kier molecular flexibility index (Phi) is 2.58. The maximum atomic E-state index is 11.8. The summed E-state index contributed by atoms with van der Waals surface area (Å²) in [5.41, 5.74) is 2.10. The number of rotatable bonds is 1. The third kappa shape index (κ3) is 1.54. The standard InChI is InChI=1S/C12H17N3O/c1-5-12(16)15-9(3)7-14-11(10(15)4)6-8(2)13-14/h5-6,9-10H,1,7H2,2-4H3. The van der Waals surface area contributed by atoms with Gasteiger partial charge in [-0.2, -0.15) is 5.10 Å². The summed E-state index contributed by atoms with van der Waals surface area (Å²) in [4.78, 5) is 13.6. The molecule has 1 aliphatic rings. The van der Waals surface area contributed by atoms with Crippen LogP contribution in [0.2, 0.25) is 0 Å². The molecule has 1 aliphatic heterocycles. The third-order valence-corrected chi connectivity index (χ3v) is 3.12. The predicted octanol–water partition coefficient (Wildman–Crippen LogP) is 1.67. The molecule has 2 heterocycles. The second-order valence-electron chi connectivity index (χ2n) is 4.37. The molecular formula is C12H17N3O. The maximum Gasteiger partial charge on any atom is 0.246 e. The molecule has 0 N–H and O–H groups in total. The minimum atomic E-state index is -0.00916. The van der Waals surface area contributed by atoms with E-state index in [-0.39, 0.29) is 18.0 Å². The van der Waals surface area contributed by atoms with Gasteiger partial charge in [0.2, 0.25) is 5.91 Å². The van der Waals surface area contributed by atoms with Crippen molar-refractivity contribution in [2.75, 3.05) is 0 Å². The topological polar surface area (TPSA) is 38.1 Å². The van der Waals surface area contributed by atoms with Crippen molar-refractivity contribution in [2.24, 2.45) is 0 Å². The van der Waals surface area contributed by atoms with Crippen molar-refractivity contribution in [1.82, 2.24) is 14.7 Å². The summed E-state index contributed by atoms with van der Waals surface area (Å²) in [5, 5.41) is 4.42. The Morgan fingerprint density at radius 3 is 2.94 bits per heavy atom. The van der Waals surface area contributed by atoms with Crippen molar-refractivity contribution in [1.29, 1.82) is 0 Å². The molecule has 2 rings (SSSR count). The molecule has 2 atom stereocenters. The van der Waals surface area contributed by atoms with Crippen LogP contribution in [-0.2, 0) is 11.3 Å². The highest BCUT2D eigenvalue weighted by molar-refractivity contribution is 5.87. The normalized spacial score (nSPS) is 24.1. The molecule has 1 aromatic rings. The first-order valence-electron chi connectivity index (χ1n) is 5.53. The van der Waals surface area contributed by atoms with Crippen LogP contribution < -0.4 is 0 Å². The first-order valence-corrected chi connectivity index (χ1v) is 5.53. The summed E-state index contributed by atoms with van der Waals surface area (Å²) in [7, 11) is 0. The summed E-state index contributed by atoms with van der Waals surface area (Å²) < 4.78 is 2.00. The van der Waals surface area contributed by atoms with Gasteiger partial charge in [0.1, 0.15) is 0 Å². The smallest absolute Gasteiger partial charge is 0.246 e. The molecule has 2 unspecified atom stereocenters. The van der Waals surface area contributed by atoms with Gasteiger partial charge in [0.25, 0.3) is 0 Å². The summed E-state index contributed by atoms with van der Waals surface area (Å²) in [5.74, 6) is -0.00916. The lowest BCUT2D eigenvalue weighted by molar-refractivity contribution is -0.131. The largest absolute Gasteiger partial charge is 0.326 e. The molecule has 86 valence electrons. The van der Waals surface area contributed by atoms with E-state index in [4.69, 9.17) is 0 Å². The SMILES string of the molecule is C=CC(=O)N1C(C)Cn2nc(C)cc2C1C. The quantitative estimate of drug-likeness (QED) is 0.674. The second-order valence-corrected chi connectivity index (χ2v) is 4.37. The molecule has 0 aromatic carbocycles. The lowest BCUT2D eigenvalue weighted by Gasteiger charge is -2.38. The Hall–Kier alpha value is -1.58. The van der Waals surface area contributed by atoms with Gasteiger partial charge in [-0.25, -0.2) is 0 Å². The molecule has 16 heavy (non-hydrogen) atoms. The van der Waals surface area contributed by atoms with Crippen LogP contribution in [0, 0.1) is 6.92 Å². The van der Waals surface area contributed by atoms with Gasteiger partial charge in [-0.05, 0) is 32.9 Å². The fourth-order valence-electron chi connectivity index (χ4n) is 2.42. The predicted molar refractivity (Wildman–Crippen MR) is 61.9 cm³/mol. The summed E-state index contributed by atoms with van der Waals surface area (Å²) >= 11 is 0. The van der Waals surface area contributed by atoms with Crippen molar-refractivity contribution in [3.05, 3.63) is 30.1 Å². The van der Waals surface area contributed by atoms with E-state index < -0.39 is 0 Å². The van der Waals surface area contributed by atoms with E-state index in [0.29, 0.717) is 0 Å². The van der Waals surface area contributed by atoms with Crippen molar-refractivity contribution in [3.63, 3.8) is 0 Å². The van der Waals surface area contributed by atoms with Crippen LogP contribution in [-0.4, -0.2) is 26.6 Å². The molecule has 0 saturated heterocycles. The van der Waals surface area contributed by atoms with Gasteiger partial charge < -0.3 is 4.90 Å². The van der Waals surface area contributed by atoms with Gasteiger partial charge in [0.05, 0.1) is 24.0 Å². The highest BCUT2D eigenvalue weighted by atomic mass is 16.2. The van der Waals surface area contributed by atoms with E-state index >= 15 is 0 Å². The Balaban J connectivity index is 2.40. The van der Waals surface area contributed by atoms with E-state index in [1.165, 1.54) is 6.08 Å². The molecule has 0 fully saturated rings. The number of hydrogen-bond acceptors (Lipinski definition) is 2. The average molecular weight is 219 g/mol. The molecule has 4 nitrogen and oxygen atoms in total. The van der Waals surface area contributed by atoms with Crippen molar-refractivity contribution >= 4 is 5.91 Å². The van der Waals surface area contributed by atoms with Crippen LogP contribution in [0.25, 0.3) is 0 Å². The molecular weight excluding hydrogens is 202 g/mol. The fourth-order valence-corrected chi connectivity index (χ4v) is 2.42. The molecule has 0 radical (unpaired) electrons. The van der Waals surface area contributed by atoms with E-state index in [0.717, 1.165) is 17.9 Å². The van der Waals surface area contributed by atoms with Crippen LogP contribution in [0.1, 0.15) is 31.3 Å². The van der Waals surface area contributed by atoms with E-state index in [2.05, 4.69) is 11.7 Å². The lowest BCUT2D eigenvalue weighted by Crippen LogP contribution is -2.46. The Morgan fingerprint density at radius 1 is 1.62 bits per heavy atom. The zero-order valence-corrected chi connectivity index (χ0v) is 9.97. The van der Waals surface area contributed by atoms with Gasteiger partial charge in [-0.1, -0.05) is 6.58 Å². The third-order valence-electron chi connectivity index (χ3n) is 3.12. The highest BCUT2D eigenvalue weighted by Gasteiger charge is 2.32. The zero-order chi connectivity index (χ0) is 11.9. The number of carbonyl (C=O) groups excluding carboxylic acids is 1. The number of fused-ring (bicyclic) bond motifs is 1. The molecule has 0 aliphatic carbocycles. The fraction of sp³-hybridized carbons (Fsp3) is 0.500. The molecule has 1 aromatic heterocycles. The first kappa shape index (κ1) is 10.9. The first-order chi connectivity index (χ1) is 7.54. The van der Waals surface area contributed by atoms with Gasteiger partial charge in [0.15, 0.2) is 0 Å². The molecule has 1 amide bonds. The van der Waals surface area contributed by atoms with Gasteiger partial charge in [-0.3, -0.25) is 9.48 Å². The number of aromatic nitrogens is 2. The Morgan fingerprint density at radius 2 is 2.31 bits per heavy atom. The zero-order valence-electron chi connectivity index (χ0n) is 9.97. The van der Waals surface area contributed by atoms with Crippen LogP contribution in [0.5, 0.6) is 0 Å². The van der Waals surface area contributed by atoms with Crippen LogP contribution in [0.4, 0.5) is 0 Å². The number of hydrogen-bond donors (Lipinski definition) is 0. The lowest BCUT2D eigenvalue weighted by atomic mass is 10.1. The van der Waals surface area contributed by atoms with E-state index in [1.807, 2.05) is 36.4 Å². The highest BCUT2D eigenvalue weighted by Crippen LogP contribution is 2.28. The average Bonchev–Trinajstić information content (AvgIpc) is 2.58. The number of carbonyl (C=O) groups is 1. The molecule has 0 saturated carbocycles. The van der Waals surface area contributed by atoms with E-state index in [9.17, 15) is 4.79 Å². The summed E-state index contributed by atoms with van der Waals surface area (Å²) in [6, 6.07) is 2.27. The Labute approximate surface area is 95.5 Å². The molecule has 0 bridgehead atoms. The minimum absolute atomic E-state index is 0.00916. The second kappa shape index (κ2) is 3.77. The molecule has 0 spiro atoms. The molecule has 4 heteroatoms. The summed E-state index contributed by atoms with van der Waals surface area (Å²) in [6.45, 7) is 10.4. The van der Waals surface area contributed by atoms with Gasteiger partial charge >= 0.3 is 0 Å². The van der Waals surface area contributed by atoms with Gasteiger partial charge in [0, 0.05) is 6.04 Å². The monoisotopic (exact) mass is 219 g/mol.